The van der Waals surface area contributed by atoms with Crippen molar-refractivity contribution in [2.45, 2.75) is 44.1 Å². The highest BCUT2D eigenvalue weighted by Crippen LogP contribution is 2.20. The third-order valence-electron chi connectivity index (χ3n) is 4.25. The number of rotatable bonds is 4. The van der Waals surface area contributed by atoms with Gasteiger partial charge in [-0.05, 0) is 24.4 Å². The summed E-state index contributed by atoms with van der Waals surface area (Å²) in [5.74, 6) is 3.26. The van der Waals surface area contributed by atoms with E-state index in [-0.39, 0.29) is 5.56 Å². The fraction of sp³-hybridized carbons (Fsp3) is 0.438. The van der Waals surface area contributed by atoms with Crippen LogP contribution in [-0.2, 0) is 0 Å². The molecule has 0 saturated heterocycles. The highest BCUT2D eigenvalue weighted by atomic mass is 32.2. The topological polar surface area (TPSA) is 58.6 Å². The van der Waals surface area contributed by atoms with Gasteiger partial charge in [-0.25, -0.2) is 9.97 Å². The summed E-state index contributed by atoms with van der Waals surface area (Å²) in [4.78, 5) is 23.3. The highest BCUT2D eigenvalue weighted by molar-refractivity contribution is 7.98. The van der Waals surface area contributed by atoms with Gasteiger partial charge in [0, 0.05) is 17.8 Å². The van der Waals surface area contributed by atoms with Gasteiger partial charge in [0.2, 0.25) is 0 Å². The lowest BCUT2D eigenvalue weighted by molar-refractivity contribution is 0.987. The van der Waals surface area contributed by atoms with Crippen molar-refractivity contribution < 1.29 is 0 Å². The standard InChI is InChI=1S/C16H21N3OSSi/c1-5-22(6-2,7-3)9-8-12-10-14(20)18-15-13(12)11-17-16(19-15)21-4/h10-11H,5-7H2,1-4H3,(H,17,18,19,20). The fourth-order valence-electron chi connectivity index (χ4n) is 2.44. The van der Waals surface area contributed by atoms with Crippen molar-refractivity contribution in [3.8, 4) is 11.5 Å². The fourth-order valence-corrected chi connectivity index (χ4v) is 5.21. The third-order valence-corrected chi connectivity index (χ3v) is 9.53. The molecule has 0 amide bonds. The molecule has 0 aliphatic heterocycles. The second-order valence-corrected chi connectivity index (χ2v) is 11.0. The first-order valence-corrected chi connectivity index (χ1v) is 11.4. The highest BCUT2D eigenvalue weighted by Gasteiger charge is 2.24. The van der Waals surface area contributed by atoms with Crippen LogP contribution in [0.25, 0.3) is 11.0 Å². The summed E-state index contributed by atoms with van der Waals surface area (Å²) in [5, 5.41) is 1.46. The number of hydrogen-bond acceptors (Lipinski definition) is 4. The van der Waals surface area contributed by atoms with Gasteiger partial charge in [0.15, 0.2) is 5.16 Å². The predicted octanol–water partition coefficient (Wildman–Crippen LogP) is 3.44. The van der Waals surface area contributed by atoms with Crippen LogP contribution < -0.4 is 5.56 Å². The lowest BCUT2D eigenvalue weighted by Crippen LogP contribution is -2.29. The maximum Gasteiger partial charge on any atom is 0.250 e. The molecule has 2 aromatic rings. The van der Waals surface area contributed by atoms with Gasteiger partial charge in [-0.1, -0.05) is 38.5 Å². The Labute approximate surface area is 136 Å². The number of fused-ring (bicyclic) bond motifs is 1. The zero-order valence-corrected chi connectivity index (χ0v) is 15.3. The van der Waals surface area contributed by atoms with Crippen LogP contribution in [0, 0.1) is 11.5 Å². The van der Waals surface area contributed by atoms with E-state index in [1.54, 1.807) is 12.3 Å². The molecular weight excluding hydrogens is 310 g/mol. The molecule has 0 spiro atoms. The summed E-state index contributed by atoms with van der Waals surface area (Å²) in [6.45, 7) is 6.66. The first-order valence-electron chi connectivity index (χ1n) is 7.54. The number of hydrogen-bond donors (Lipinski definition) is 1. The van der Waals surface area contributed by atoms with Gasteiger partial charge >= 0.3 is 0 Å². The summed E-state index contributed by atoms with van der Waals surface area (Å²) in [6.07, 6.45) is 3.66. The van der Waals surface area contributed by atoms with Gasteiger partial charge in [-0.2, -0.15) is 0 Å². The third kappa shape index (κ3) is 3.42. The minimum Gasteiger partial charge on any atom is -0.306 e. The molecule has 2 aromatic heterocycles. The molecule has 0 atom stereocenters. The van der Waals surface area contributed by atoms with E-state index in [2.05, 4.69) is 47.2 Å². The van der Waals surface area contributed by atoms with E-state index < -0.39 is 8.07 Å². The molecule has 0 aliphatic rings. The van der Waals surface area contributed by atoms with Gasteiger partial charge < -0.3 is 4.98 Å². The van der Waals surface area contributed by atoms with Crippen LogP contribution in [-0.4, -0.2) is 29.3 Å². The van der Waals surface area contributed by atoms with E-state index >= 15 is 0 Å². The van der Waals surface area contributed by atoms with Crippen LogP contribution in [0.4, 0.5) is 0 Å². The van der Waals surface area contributed by atoms with E-state index in [4.69, 9.17) is 0 Å². The molecule has 0 aliphatic carbocycles. The van der Waals surface area contributed by atoms with E-state index in [1.807, 2.05) is 6.26 Å². The zero-order valence-electron chi connectivity index (χ0n) is 13.5. The van der Waals surface area contributed by atoms with E-state index in [0.29, 0.717) is 10.8 Å². The maximum absolute atomic E-state index is 11.9. The SMILES string of the molecule is CC[Si](C#Cc1cc(=O)[nH]c2nc(SC)ncc12)(CC)CC. The summed E-state index contributed by atoms with van der Waals surface area (Å²) in [6, 6.07) is 4.97. The van der Waals surface area contributed by atoms with Crippen LogP contribution >= 0.6 is 11.8 Å². The number of thioether (sulfide) groups is 1. The molecule has 0 radical (unpaired) electrons. The summed E-state index contributed by atoms with van der Waals surface area (Å²) in [5.41, 5.74) is 4.65. The first kappa shape index (κ1) is 16.8. The predicted molar refractivity (Wildman–Crippen MR) is 96.0 cm³/mol. The molecule has 4 nitrogen and oxygen atoms in total. The van der Waals surface area contributed by atoms with Crippen LogP contribution in [0.15, 0.2) is 22.2 Å². The van der Waals surface area contributed by atoms with Gasteiger partial charge in [0.05, 0.1) is 5.39 Å². The Kier molecular flexibility index (Phi) is 5.43. The van der Waals surface area contributed by atoms with E-state index in [9.17, 15) is 4.79 Å². The molecule has 22 heavy (non-hydrogen) atoms. The van der Waals surface area contributed by atoms with Crippen LogP contribution in [0.3, 0.4) is 0 Å². The molecule has 0 saturated carbocycles. The molecule has 1 N–H and O–H groups in total. The molecule has 116 valence electrons. The Hall–Kier alpha value is -1.58. The van der Waals surface area contributed by atoms with Gasteiger partial charge in [-0.3, -0.25) is 4.79 Å². The Balaban J connectivity index is 2.59. The summed E-state index contributed by atoms with van der Waals surface area (Å²) < 4.78 is 0. The molecule has 0 unspecified atom stereocenters. The Bertz CT molecular complexity index is 779. The molecule has 2 heterocycles. The number of aromatic amines is 1. The summed E-state index contributed by atoms with van der Waals surface area (Å²) >= 11 is 1.45. The van der Waals surface area contributed by atoms with Crippen molar-refractivity contribution in [3.05, 3.63) is 28.2 Å². The van der Waals surface area contributed by atoms with Crippen LogP contribution in [0.5, 0.6) is 0 Å². The lowest BCUT2D eigenvalue weighted by Gasteiger charge is -2.20. The minimum absolute atomic E-state index is 0.167. The number of nitrogens with one attached hydrogen (secondary N) is 1. The molecule has 0 fully saturated rings. The van der Waals surface area contributed by atoms with Crippen LogP contribution in [0.2, 0.25) is 18.1 Å². The number of nitrogens with zero attached hydrogens (tertiary/aromatic N) is 2. The van der Waals surface area contributed by atoms with Crippen molar-refractivity contribution in [1.29, 1.82) is 0 Å². The van der Waals surface area contributed by atoms with Crippen molar-refractivity contribution in [3.63, 3.8) is 0 Å². The second-order valence-electron chi connectivity index (χ2n) is 5.26. The van der Waals surface area contributed by atoms with Crippen molar-refractivity contribution in [2.75, 3.05) is 6.26 Å². The maximum atomic E-state index is 11.9. The van der Waals surface area contributed by atoms with Gasteiger partial charge in [-0.15, -0.1) is 5.54 Å². The Morgan fingerprint density at radius 2 is 1.95 bits per heavy atom. The smallest absolute Gasteiger partial charge is 0.250 e. The van der Waals surface area contributed by atoms with E-state index in [1.165, 1.54) is 11.8 Å². The first-order chi connectivity index (χ1) is 10.6. The Morgan fingerprint density at radius 3 is 2.55 bits per heavy atom. The number of H-pyrrole nitrogens is 1. The van der Waals surface area contributed by atoms with Gasteiger partial charge in [0.1, 0.15) is 13.7 Å². The molecule has 0 aromatic carbocycles. The summed E-state index contributed by atoms with van der Waals surface area (Å²) in [7, 11) is -1.54. The lowest BCUT2D eigenvalue weighted by atomic mass is 10.2. The van der Waals surface area contributed by atoms with Crippen molar-refractivity contribution >= 4 is 30.9 Å². The quantitative estimate of drug-likeness (QED) is 0.403. The molecule has 0 bridgehead atoms. The largest absolute Gasteiger partial charge is 0.306 e. The number of pyridine rings is 1. The Morgan fingerprint density at radius 1 is 1.27 bits per heavy atom. The monoisotopic (exact) mass is 331 g/mol. The molecule has 6 heteroatoms. The molecule has 2 rings (SSSR count). The van der Waals surface area contributed by atoms with Crippen molar-refractivity contribution in [2.24, 2.45) is 0 Å². The average molecular weight is 332 g/mol. The average Bonchev–Trinajstić information content (AvgIpc) is 2.55. The van der Waals surface area contributed by atoms with E-state index in [0.717, 1.165) is 29.1 Å². The van der Waals surface area contributed by atoms with Crippen LogP contribution in [0.1, 0.15) is 26.3 Å². The minimum atomic E-state index is -1.54. The van der Waals surface area contributed by atoms with Crippen molar-refractivity contribution in [1.82, 2.24) is 15.0 Å². The number of aromatic nitrogens is 3. The van der Waals surface area contributed by atoms with Gasteiger partial charge in [0.25, 0.3) is 5.56 Å². The zero-order chi connectivity index (χ0) is 16.2. The normalized spacial score (nSPS) is 11.3. The second kappa shape index (κ2) is 7.12. The molecular formula is C16H21N3OSSi.